The van der Waals surface area contributed by atoms with Gasteiger partial charge in [0, 0.05) is 32.0 Å². The summed E-state index contributed by atoms with van der Waals surface area (Å²) in [5, 5.41) is 11.2. The molecule has 1 aliphatic rings. The summed E-state index contributed by atoms with van der Waals surface area (Å²) in [5.74, 6) is 0.0670. The van der Waals surface area contributed by atoms with Crippen molar-refractivity contribution >= 4 is 5.91 Å². The van der Waals surface area contributed by atoms with Gasteiger partial charge in [-0.2, -0.15) is 0 Å². The van der Waals surface area contributed by atoms with E-state index in [0.29, 0.717) is 19.6 Å². The first kappa shape index (κ1) is 13.7. The predicted octanol–water partition coefficient (Wildman–Crippen LogP) is 0.214. The van der Waals surface area contributed by atoms with Crippen LogP contribution < -0.4 is 5.32 Å². The highest BCUT2D eigenvalue weighted by Gasteiger charge is 2.18. The Hall–Kier alpha value is -2.28. The van der Waals surface area contributed by atoms with Gasteiger partial charge in [-0.3, -0.25) is 14.7 Å². The Morgan fingerprint density at radius 3 is 3.14 bits per heavy atom. The third kappa shape index (κ3) is 3.25. The molecule has 0 aromatic carbocycles. The van der Waals surface area contributed by atoms with Crippen LogP contribution in [0.25, 0.3) is 0 Å². The van der Waals surface area contributed by atoms with Crippen LogP contribution in [0.3, 0.4) is 0 Å². The van der Waals surface area contributed by atoms with Crippen LogP contribution in [0.2, 0.25) is 0 Å². The molecule has 1 amide bonds. The van der Waals surface area contributed by atoms with Crippen LogP contribution in [0.5, 0.6) is 0 Å². The Morgan fingerprint density at radius 2 is 2.38 bits per heavy atom. The Bertz CT molecular complexity index is 611. The minimum Gasteiger partial charge on any atom is -0.354 e. The predicted molar refractivity (Wildman–Crippen MR) is 76.4 cm³/mol. The molecule has 3 rings (SSSR count). The Labute approximate surface area is 123 Å². The van der Waals surface area contributed by atoms with Gasteiger partial charge in [0.25, 0.3) is 0 Å². The van der Waals surface area contributed by atoms with Gasteiger partial charge in [-0.15, -0.1) is 5.10 Å². The van der Waals surface area contributed by atoms with Gasteiger partial charge >= 0.3 is 0 Å². The molecule has 2 aromatic rings. The van der Waals surface area contributed by atoms with E-state index >= 15 is 0 Å². The van der Waals surface area contributed by atoms with Gasteiger partial charge in [0.05, 0.1) is 24.5 Å². The Morgan fingerprint density at radius 1 is 1.48 bits per heavy atom. The minimum absolute atomic E-state index is 0.0670. The van der Waals surface area contributed by atoms with Crippen molar-refractivity contribution < 1.29 is 4.79 Å². The van der Waals surface area contributed by atoms with Crippen LogP contribution in [-0.2, 0) is 11.3 Å². The molecule has 7 heteroatoms. The lowest BCUT2D eigenvalue weighted by atomic mass is 10.1. The van der Waals surface area contributed by atoms with Crippen molar-refractivity contribution in [3.05, 3.63) is 42.0 Å². The van der Waals surface area contributed by atoms with Crippen molar-refractivity contribution in [1.82, 2.24) is 30.2 Å². The van der Waals surface area contributed by atoms with Gasteiger partial charge in [0.15, 0.2) is 0 Å². The van der Waals surface area contributed by atoms with E-state index in [1.54, 1.807) is 6.20 Å². The summed E-state index contributed by atoms with van der Waals surface area (Å²) in [6.45, 7) is 4.66. The van der Waals surface area contributed by atoms with Crippen molar-refractivity contribution in [1.29, 1.82) is 0 Å². The summed E-state index contributed by atoms with van der Waals surface area (Å²) in [6.07, 6.45) is 5.52. The molecule has 0 unspecified atom stereocenters. The van der Waals surface area contributed by atoms with Crippen molar-refractivity contribution in [2.75, 3.05) is 19.6 Å². The number of nitrogens with zero attached hydrogens (tertiary/aromatic N) is 5. The van der Waals surface area contributed by atoms with E-state index in [4.69, 9.17) is 0 Å². The molecule has 0 saturated carbocycles. The number of pyridine rings is 1. The van der Waals surface area contributed by atoms with Crippen LogP contribution in [0.1, 0.15) is 24.2 Å². The number of aromatic nitrogens is 4. The smallest absolute Gasteiger partial charge is 0.234 e. The van der Waals surface area contributed by atoms with E-state index in [2.05, 4.69) is 32.4 Å². The number of rotatable bonds is 4. The molecule has 7 nitrogen and oxygen atoms in total. The highest BCUT2D eigenvalue weighted by atomic mass is 16.2. The number of carbonyl (C=O) groups is 1. The van der Waals surface area contributed by atoms with Crippen molar-refractivity contribution in [2.45, 2.75) is 19.5 Å². The van der Waals surface area contributed by atoms with Crippen LogP contribution in [-0.4, -0.2) is 50.4 Å². The van der Waals surface area contributed by atoms with E-state index in [1.807, 2.05) is 29.2 Å². The molecule has 3 heterocycles. The number of hydrogen-bond donors (Lipinski definition) is 1. The molecule has 2 aromatic heterocycles. The molecule has 0 aliphatic carbocycles. The van der Waals surface area contributed by atoms with Gasteiger partial charge in [-0.25, -0.2) is 4.68 Å². The van der Waals surface area contributed by atoms with Crippen LogP contribution in [0.15, 0.2) is 30.7 Å². The fourth-order valence-corrected chi connectivity index (χ4v) is 2.41. The molecule has 1 aliphatic heterocycles. The zero-order chi connectivity index (χ0) is 14.7. The second kappa shape index (κ2) is 6.01. The third-order valence-electron chi connectivity index (χ3n) is 3.62. The number of carbonyl (C=O) groups excluding carboxylic acids is 1. The molecule has 1 N–H and O–H groups in total. The number of amides is 1. The van der Waals surface area contributed by atoms with Crippen LogP contribution >= 0.6 is 0 Å². The molecule has 1 saturated heterocycles. The van der Waals surface area contributed by atoms with E-state index in [0.717, 1.165) is 17.8 Å². The maximum absolute atomic E-state index is 11.4. The SMILES string of the molecule is C[C@@H](c1cccnc1)n1cc(CN2CCNC(=O)C2)nn1. The molecule has 1 atom stereocenters. The second-order valence-corrected chi connectivity index (χ2v) is 5.21. The maximum Gasteiger partial charge on any atom is 0.234 e. The highest BCUT2D eigenvalue weighted by Crippen LogP contribution is 2.15. The summed E-state index contributed by atoms with van der Waals surface area (Å²) in [7, 11) is 0. The van der Waals surface area contributed by atoms with Gasteiger partial charge in [0.1, 0.15) is 0 Å². The summed E-state index contributed by atoms with van der Waals surface area (Å²) < 4.78 is 1.83. The second-order valence-electron chi connectivity index (χ2n) is 5.21. The standard InChI is InChI=1S/C14H18N6O/c1-11(12-3-2-4-15-7-12)20-9-13(17-18-20)8-19-6-5-16-14(21)10-19/h2-4,7,9,11H,5-6,8,10H2,1H3,(H,16,21)/t11-/m0/s1. The van der Waals surface area contributed by atoms with Crippen molar-refractivity contribution in [3.8, 4) is 0 Å². The maximum atomic E-state index is 11.4. The lowest BCUT2D eigenvalue weighted by molar-refractivity contribution is -0.124. The molecular weight excluding hydrogens is 268 g/mol. The number of hydrogen-bond acceptors (Lipinski definition) is 5. The topological polar surface area (TPSA) is 75.9 Å². The molecular formula is C14H18N6O. The first-order valence-corrected chi connectivity index (χ1v) is 7.02. The molecule has 110 valence electrons. The zero-order valence-corrected chi connectivity index (χ0v) is 11.9. The first-order valence-electron chi connectivity index (χ1n) is 7.02. The van der Waals surface area contributed by atoms with Gasteiger partial charge < -0.3 is 5.32 Å². The lowest BCUT2D eigenvalue weighted by Gasteiger charge is -2.25. The quantitative estimate of drug-likeness (QED) is 0.870. The lowest BCUT2D eigenvalue weighted by Crippen LogP contribution is -2.47. The molecule has 0 radical (unpaired) electrons. The van der Waals surface area contributed by atoms with E-state index in [-0.39, 0.29) is 11.9 Å². The van der Waals surface area contributed by atoms with Crippen molar-refractivity contribution in [2.24, 2.45) is 0 Å². The fraction of sp³-hybridized carbons (Fsp3) is 0.429. The number of nitrogens with one attached hydrogen (secondary N) is 1. The normalized spacial score (nSPS) is 17.5. The molecule has 0 spiro atoms. The Balaban J connectivity index is 1.67. The summed E-state index contributed by atoms with van der Waals surface area (Å²) >= 11 is 0. The molecule has 1 fully saturated rings. The Kier molecular flexibility index (Phi) is 3.92. The molecule has 0 bridgehead atoms. The van der Waals surface area contributed by atoms with E-state index in [9.17, 15) is 4.79 Å². The van der Waals surface area contributed by atoms with Crippen LogP contribution in [0.4, 0.5) is 0 Å². The highest BCUT2D eigenvalue weighted by molar-refractivity contribution is 5.78. The van der Waals surface area contributed by atoms with Gasteiger partial charge in [0.2, 0.25) is 5.91 Å². The first-order chi connectivity index (χ1) is 10.2. The minimum atomic E-state index is 0.0670. The third-order valence-corrected chi connectivity index (χ3v) is 3.62. The van der Waals surface area contributed by atoms with Gasteiger partial charge in [-0.1, -0.05) is 11.3 Å². The average Bonchev–Trinajstić information content (AvgIpc) is 2.96. The van der Waals surface area contributed by atoms with E-state index < -0.39 is 0 Å². The summed E-state index contributed by atoms with van der Waals surface area (Å²) in [6, 6.07) is 4.02. The molecule has 21 heavy (non-hydrogen) atoms. The monoisotopic (exact) mass is 286 g/mol. The largest absolute Gasteiger partial charge is 0.354 e. The zero-order valence-electron chi connectivity index (χ0n) is 11.9. The van der Waals surface area contributed by atoms with Gasteiger partial charge in [-0.05, 0) is 18.6 Å². The van der Waals surface area contributed by atoms with Crippen molar-refractivity contribution in [3.63, 3.8) is 0 Å². The summed E-state index contributed by atoms with van der Waals surface area (Å²) in [4.78, 5) is 17.6. The average molecular weight is 286 g/mol. The number of piperazine rings is 1. The fourth-order valence-electron chi connectivity index (χ4n) is 2.41. The van der Waals surface area contributed by atoms with Crippen LogP contribution in [0, 0.1) is 0 Å². The van der Waals surface area contributed by atoms with E-state index in [1.165, 1.54) is 0 Å². The summed E-state index contributed by atoms with van der Waals surface area (Å²) in [5.41, 5.74) is 1.96.